The highest BCUT2D eigenvalue weighted by Gasteiger charge is 2.17. The van der Waals surface area contributed by atoms with E-state index in [9.17, 15) is 14.9 Å². The average Bonchev–Trinajstić information content (AvgIpc) is 2.29. The van der Waals surface area contributed by atoms with Crippen molar-refractivity contribution < 1.29 is 14.4 Å². The van der Waals surface area contributed by atoms with Gasteiger partial charge in [-0.3, -0.25) is 14.9 Å². The molecular formula is C9H11BrN2O5. The summed E-state index contributed by atoms with van der Waals surface area (Å²) in [4.78, 5) is 21.4. The van der Waals surface area contributed by atoms with Crippen LogP contribution in [0.5, 0.6) is 0 Å². The molecule has 0 fully saturated rings. The summed E-state index contributed by atoms with van der Waals surface area (Å²) in [7, 11) is 2.92. The van der Waals surface area contributed by atoms with Gasteiger partial charge in [0.15, 0.2) is 6.29 Å². The van der Waals surface area contributed by atoms with Crippen LogP contribution in [0.15, 0.2) is 21.7 Å². The Morgan fingerprint density at radius 3 is 2.53 bits per heavy atom. The first kappa shape index (κ1) is 13.8. The highest BCUT2D eigenvalue weighted by molar-refractivity contribution is 9.10. The highest BCUT2D eigenvalue weighted by atomic mass is 79.9. The van der Waals surface area contributed by atoms with Crippen molar-refractivity contribution >= 4 is 21.6 Å². The van der Waals surface area contributed by atoms with Crippen LogP contribution in [0.4, 0.5) is 5.69 Å². The number of methoxy groups -OCH3 is 2. The molecule has 1 rings (SSSR count). The first-order valence-corrected chi connectivity index (χ1v) is 5.38. The lowest BCUT2D eigenvalue weighted by Gasteiger charge is -2.15. The van der Waals surface area contributed by atoms with Crippen LogP contribution in [0.3, 0.4) is 0 Å². The molecule has 7 nitrogen and oxygen atoms in total. The van der Waals surface area contributed by atoms with Crippen LogP contribution in [0, 0.1) is 10.1 Å². The smallest absolute Gasteiger partial charge is 0.333 e. The normalized spacial score (nSPS) is 10.8. The van der Waals surface area contributed by atoms with Gasteiger partial charge in [-0.25, -0.2) is 0 Å². The maximum atomic E-state index is 11.4. The molecule has 0 N–H and O–H groups in total. The topological polar surface area (TPSA) is 83.6 Å². The summed E-state index contributed by atoms with van der Waals surface area (Å²) in [5.74, 6) is 0. The van der Waals surface area contributed by atoms with E-state index in [0.29, 0.717) is 0 Å². The summed E-state index contributed by atoms with van der Waals surface area (Å²) in [5.41, 5.74) is -1.15. The van der Waals surface area contributed by atoms with Crippen molar-refractivity contribution in [3.8, 4) is 0 Å². The van der Waals surface area contributed by atoms with Crippen molar-refractivity contribution in [2.45, 2.75) is 12.8 Å². The summed E-state index contributed by atoms with van der Waals surface area (Å²) < 4.78 is 11.5. The van der Waals surface area contributed by atoms with Gasteiger partial charge in [0.2, 0.25) is 0 Å². The van der Waals surface area contributed by atoms with Crippen LogP contribution in [-0.2, 0) is 16.0 Å². The molecule has 0 radical (unpaired) electrons. The number of aromatic nitrogens is 1. The summed E-state index contributed by atoms with van der Waals surface area (Å²) in [6.07, 6.45) is 2.06. The van der Waals surface area contributed by atoms with Crippen molar-refractivity contribution in [3.05, 3.63) is 37.2 Å². The minimum Gasteiger partial charge on any atom is -0.354 e. The largest absolute Gasteiger partial charge is 0.354 e. The lowest BCUT2D eigenvalue weighted by Crippen LogP contribution is -2.22. The van der Waals surface area contributed by atoms with Crippen LogP contribution >= 0.6 is 15.9 Å². The number of nitrogens with zero attached hydrogens (tertiary/aromatic N) is 2. The summed E-state index contributed by atoms with van der Waals surface area (Å²) in [6, 6.07) is 0. The number of ether oxygens (including phenoxy) is 2. The molecule has 1 aromatic rings. The standard InChI is InChI=1S/C9H11BrN2O5/c1-16-8(17-2)5-11-3-6(10)9(13)7(4-11)12(14)15/h3-4,8H,5H2,1-2H3. The molecule has 0 unspecified atom stereocenters. The summed E-state index contributed by atoms with van der Waals surface area (Å²) >= 11 is 2.98. The van der Waals surface area contributed by atoms with Gasteiger partial charge >= 0.3 is 5.69 Å². The molecule has 8 heteroatoms. The maximum absolute atomic E-state index is 11.4. The van der Waals surface area contributed by atoms with Gasteiger partial charge in [0.25, 0.3) is 5.43 Å². The van der Waals surface area contributed by atoms with E-state index < -0.39 is 22.3 Å². The second kappa shape index (κ2) is 5.89. The number of halogens is 1. The first-order valence-electron chi connectivity index (χ1n) is 4.59. The Morgan fingerprint density at radius 1 is 1.47 bits per heavy atom. The van der Waals surface area contributed by atoms with Gasteiger partial charge < -0.3 is 14.0 Å². The Labute approximate surface area is 105 Å². The van der Waals surface area contributed by atoms with Crippen LogP contribution in [0.25, 0.3) is 0 Å². The lowest BCUT2D eigenvalue weighted by molar-refractivity contribution is -0.386. The van der Waals surface area contributed by atoms with E-state index in [2.05, 4.69) is 15.9 Å². The molecule has 1 heterocycles. The van der Waals surface area contributed by atoms with E-state index >= 15 is 0 Å². The van der Waals surface area contributed by atoms with Crippen molar-refractivity contribution in [2.75, 3.05) is 14.2 Å². The van der Waals surface area contributed by atoms with E-state index in [4.69, 9.17) is 9.47 Å². The fourth-order valence-corrected chi connectivity index (χ4v) is 1.70. The summed E-state index contributed by atoms with van der Waals surface area (Å²) in [5, 5.41) is 10.7. The third kappa shape index (κ3) is 3.35. The van der Waals surface area contributed by atoms with Gasteiger partial charge in [-0.15, -0.1) is 0 Å². The van der Waals surface area contributed by atoms with Gasteiger partial charge in [-0.2, -0.15) is 0 Å². The van der Waals surface area contributed by atoms with Gasteiger partial charge in [0.05, 0.1) is 22.1 Å². The van der Waals surface area contributed by atoms with E-state index in [1.807, 2.05) is 0 Å². The third-order valence-corrected chi connectivity index (χ3v) is 2.66. The van der Waals surface area contributed by atoms with Crippen LogP contribution in [0.1, 0.15) is 0 Å². The minimum atomic E-state index is -0.724. The Morgan fingerprint density at radius 2 is 2.06 bits per heavy atom. The van der Waals surface area contributed by atoms with E-state index in [1.165, 1.54) is 25.0 Å². The Bertz CT molecular complexity index is 469. The predicted molar refractivity (Wildman–Crippen MR) is 62.9 cm³/mol. The second-order valence-electron chi connectivity index (χ2n) is 3.18. The number of rotatable bonds is 5. The Kier molecular flexibility index (Phi) is 4.79. The molecule has 0 aliphatic rings. The molecule has 0 aliphatic carbocycles. The molecule has 0 atom stereocenters. The second-order valence-corrected chi connectivity index (χ2v) is 4.03. The highest BCUT2D eigenvalue weighted by Crippen LogP contribution is 2.11. The number of hydrogen-bond donors (Lipinski definition) is 0. The number of pyridine rings is 1. The molecule has 17 heavy (non-hydrogen) atoms. The molecule has 0 bridgehead atoms. The minimum absolute atomic E-state index is 0.123. The fourth-order valence-electron chi connectivity index (χ4n) is 1.23. The number of hydrogen-bond acceptors (Lipinski definition) is 5. The number of nitro groups is 1. The molecule has 0 amide bonds. The third-order valence-electron chi connectivity index (χ3n) is 2.10. The van der Waals surface area contributed by atoms with E-state index in [-0.39, 0.29) is 11.0 Å². The zero-order valence-electron chi connectivity index (χ0n) is 9.25. The van der Waals surface area contributed by atoms with E-state index in [0.717, 1.165) is 6.20 Å². The predicted octanol–water partition coefficient (Wildman–Crippen LogP) is 1.14. The molecule has 94 valence electrons. The van der Waals surface area contributed by atoms with Crippen LogP contribution in [-0.4, -0.2) is 30.0 Å². The molecule has 0 saturated heterocycles. The molecule has 0 aliphatic heterocycles. The molecule has 0 spiro atoms. The molecule has 0 aromatic carbocycles. The monoisotopic (exact) mass is 306 g/mol. The van der Waals surface area contributed by atoms with E-state index in [1.54, 1.807) is 0 Å². The zero-order valence-corrected chi connectivity index (χ0v) is 10.8. The first-order chi connectivity index (χ1) is 7.99. The van der Waals surface area contributed by atoms with Gasteiger partial charge in [-0.1, -0.05) is 0 Å². The Hall–Kier alpha value is -1.25. The molecular weight excluding hydrogens is 296 g/mol. The quantitative estimate of drug-likeness (QED) is 0.463. The summed E-state index contributed by atoms with van der Waals surface area (Å²) in [6.45, 7) is 0.243. The fraction of sp³-hybridized carbons (Fsp3) is 0.444. The zero-order chi connectivity index (χ0) is 13.0. The average molecular weight is 307 g/mol. The lowest BCUT2D eigenvalue weighted by atomic mass is 10.4. The van der Waals surface area contributed by atoms with Crippen LogP contribution < -0.4 is 5.43 Å². The van der Waals surface area contributed by atoms with Crippen molar-refractivity contribution in [2.24, 2.45) is 0 Å². The van der Waals surface area contributed by atoms with Crippen molar-refractivity contribution in [1.29, 1.82) is 0 Å². The van der Waals surface area contributed by atoms with Gasteiger partial charge in [0.1, 0.15) is 0 Å². The van der Waals surface area contributed by atoms with Gasteiger partial charge in [-0.05, 0) is 15.9 Å². The van der Waals surface area contributed by atoms with Gasteiger partial charge in [0, 0.05) is 20.4 Å². The molecule has 1 aromatic heterocycles. The van der Waals surface area contributed by atoms with Crippen molar-refractivity contribution in [1.82, 2.24) is 4.57 Å². The van der Waals surface area contributed by atoms with Crippen LogP contribution in [0.2, 0.25) is 0 Å². The SMILES string of the molecule is COC(Cn1cc(Br)c(=O)c([N+](=O)[O-])c1)OC. The van der Waals surface area contributed by atoms with Crippen molar-refractivity contribution in [3.63, 3.8) is 0 Å². The molecule has 0 saturated carbocycles. The maximum Gasteiger partial charge on any atom is 0.333 e. The Balaban J connectivity index is 3.10.